The van der Waals surface area contributed by atoms with Gasteiger partial charge in [0, 0.05) is 20.1 Å². The van der Waals surface area contributed by atoms with Crippen molar-refractivity contribution in [3.63, 3.8) is 0 Å². The van der Waals surface area contributed by atoms with Crippen LogP contribution in [0.15, 0.2) is 4.99 Å². The number of guanidine groups is 1. The van der Waals surface area contributed by atoms with Crippen LogP contribution in [0, 0.1) is 0 Å². The Labute approximate surface area is 161 Å². The van der Waals surface area contributed by atoms with E-state index in [0.717, 1.165) is 0 Å². The number of aliphatic imine (C=N–C) groups is 1. The number of carbonyl (C=O) groups is 2. The molecule has 2 atom stereocenters. The highest BCUT2D eigenvalue weighted by molar-refractivity contribution is 5.80. The van der Waals surface area contributed by atoms with Crippen molar-refractivity contribution in [1.82, 2.24) is 15.5 Å². The van der Waals surface area contributed by atoms with Crippen LogP contribution in [0.25, 0.3) is 0 Å². The van der Waals surface area contributed by atoms with E-state index in [0.29, 0.717) is 19.0 Å². The SMILES string of the molecule is CN=C(NCCC(=O)OC)NCC1C(C)OC(C)(C)N1C(=O)OC(C)(C)C. The second-order valence-electron chi connectivity index (χ2n) is 7.89. The number of amides is 1. The van der Waals surface area contributed by atoms with E-state index in [-0.39, 0.29) is 24.5 Å². The van der Waals surface area contributed by atoms with Crippen molar-refractivity contribution in [3.8, 4) is 0 Å². The van der Waals surface area contributed by atoms with Gasteiger partial charge in [-0.25, -0.2) is 4.79 Å². The molecule has 0 aliphatic carbocycles. The van der Waals surface area contributed by atoms with E-state index in [1.807, 2.05) is 41.5 Å². The number of nitrogens with zero attached hydrogens (tertiary/aromatic N) is 2. The first-order valence-corrected chi connectivity index (χ1v) is 9.12. The highest BCUT2D eigenvalue weighted by Crippen LogP contribution is 2.33. The molecule has 1 heterocycles. The number of methoxy groups -OCH3 is 1. The van der Waals surface area contributed by atoms with Crippen molar-refractivity contribution in [2.75, 3.05) is 27.2 Å². The first-order valence-electron chi connectivity index (χ1n) is 9.12. The van der Waals surface area contributed by atoms with Crippen LogP contribution in [-0.4, -0.2) is 73.6 Å². The Morgan fingerprint density at radius 1 is 1.26 bits per heavy atom. The Kier molecular flexibility index (Phi) is 7.89. The van der Waals surface area contributed by atoms with Crippen LogP contribution in [0.2, 0.25) is 0 Å². The maximum Gasteiger partial charge on any atom is 0.412 e. The predicted octanol–water partition coefficient (Wildman–Crippen LogP) is 1.47. The summed E-state index contributed by atoms with van der Waals surface area (Å²) in [7, 11) is 2.99. The summed E-state index contributed by atoms with van der Waals surface area (Å²) in [6, 6.07) is -0.242. The molecule has 0 aromatic carbocycles. The smallest absolute Gasteiger partial charge is 0.412 e. The Balaban J connectivity index is 2.74. The minimum Gasteiger partial charge on any atom is -0.469 e. The molecule has 0 spiro atoms. The van der Waals surface area contributed by atoms with Crippen LogP contribution in [0.5, 0.6) is 0 Å². The molecular formula is C18H34N4O5. The Bertz CT molecular complexity index is 556. The zero-order valence-corrected chi connectivity index (χ0v) is 17.7. The number of carbonyl (C=O) groups excluding carboxylic acids is 2. The molecule has 1 aliphatic heterocycles. The standard InChI is InChI=1S/C18H34N4O5/c1-12-13(11-21-15(19-7)20-10-9-14(23)25-8)22(18(5,6)26-12)16(24)27-17(2,3)4/h12-13H,9-11H2,1-8H3,(H2,19,20,21). The van der Waals surface area contributed by atoms with Crippen LogP contribution in [0.3, 0.4) is 0 Å². The van der Waals surface area contributed by atoms with Gasteiger partial charge in [-0.05, 0) is 41.5 Å². The topological polar surface area (TPSA) is 101 Å². The van der Waals surface area contributed by atoms with E-state index in [9.17, 15) is 9.59 Å². The third-order valence-electron chi connectivity index (χ3n) is 4.07. The summed E-state index contributed by atoms with van der Waals surface area (Å²) in [5.41, 5.74) is -1.38. The number of nitrogens with one attached hydrogen (secondary N) is 2. The van der Waals surface area contributed by atoms with Crippen LogP contribution in [0.1, 0.15) is 48.0 Å². The van der Waals surface area contributed by atoms with Gasteiger partial charge < -0.3 is 24.8 Å². The van der Waals surface area contributed by atoms with E-state index < -0.39 is 17.4 Å². The molecule has 2 N–H and O–H groups in total. The second kappa shape index (κ2) is 9.25. The number of rotatable bonds is 5. The Morgan fingerprint density at radius 2 is 1.89 bits per heavy atom. The van der Waals surface area contributed by atoms with Crippen LogP contribution >= 0.6 is 0 Å². The van der Waals surface area contributed by atoms with Crippen molar-refractivity contribution >= 4 is 18.0 Å². The lowest BCUT2D eigenvalue weighted by Gasteiger charge is -2.35. The third-order valence-corrected chi connectivity index (χ3v) is 4.07. The van der Waals surface area contributed by atoms with Crippen LogP contribution in [-0.2, 0) is 19.0 Å². The maximum absolute atomic E-state index is 12.7. The molecule has 27 heavy (non-hydrogen) atoms. The lowest BCUT2D eigenvalue weighted by atomic mass is 10.1. The van der Waals surface area contributed by atoms with E-state index in [1.54, 1.807) is 11.9 Å². The molecule has 1 rings (SSSR count). The summed E-state index contributed by atoms with van der Waals surface area (Å²) in [5, 5.41) is 6.22. The van der Waals surface area contributed by atoms with Crippen LogP contribution in [0.4, 0.5) is 4.79 Å². The van der Waals surface area contributed by atoms with Gasteiger partial charge in [-0.15, -0.1) is 0 Å². The predicted molar refractivity (Wildman–Crippen MR) is 102 cm³/mol. The average molecular weight is 386 g/mol. The summed E-state index contributed by atoms with van der Waals surface area (Å²) in [5.74, 6) is 0.230. The summed E-state index contributed by atoms with van der Waals surface area (Å²) in [6.45, 7) is 11.9. The lowest BCUT2D eigenvalue weighted by molar-refractivity contribution is -0.140. The first kappa shape index (κ1) is 23.0. The molecule has 1 aliphatic rings. The zero-order chi connectivity index (χ0) is 20.8. The summed E-state index contributed by atoms with van der Waals surface area (Å²) in [6.07, 6.45) is -0.373. The summed E-state index contributed by atoms with van der Waals surface area (Å²) >= 11 is 0. The van der Waals surface area contributed by atoms with Crippen LogP contribution < -0.4 is 10.6 Å². The molecular weight excluding hydrogens is 352 g/mol. The fraction of sp³-hybridized carbons (Fsp3) is 0.833. The molecule has 0 bridgehead atoms. The fourth-order valence-electron chi connectivity index (χ4n) is 2.93. The second-order valence-corrected chi connectivity index (χ2v) is 7.89. The van der Waals surface area contributed by atoms with Gasteiger partial charge in [0.2, 0.25) is 0 Å². The maximum atomic E-state index is 12.7. The highest BCUT2D eigenvalue weighted by Gasteiger charge is 2.49. The molecule has 0 aromatic rings. The zero-order valence-electron chi connectivity index (χ0n) is 17.7. The first-order chi connectivity index (χ1) is 12.4. The lowest BCUT2D eigenvalue weighted by Crippen LogP contribution is -2.54. The largest absolute Gasteiger partial charge is 0.469 e. The normalized spacial score (nSPS) is 22.4. The van der Waals surface area contributed by atoms with Crippen molar-refractivity contribution < 1.29 is 23.8 Å². The Morgan fingerprint density at radius 3 is 2.41 bits per heavy atom. The number of esters is 1. The molecule has 1 amide bonds. The van der Waals surface area contributed by atoms with Crippen molar-refractivity contribution in [3.05, 3.63) is 0 Å². The molecule has 0 aromatic heterocycles. The Hall–Kier alpha value is -2.03. The van der Waals surface area contributed by atoms with Gasteiger partial charge in [-0.2, -0.15) is 0 Å². The third kappa shape index (κ3) is 6.89. The molecule has 156 valence electrons. The monoisotopic (exact) mass is 386 g/mol. The van der Waals surface area contributed by atoms with E-state index in [2.05, 4.69) is 20.4 Å². The van der Waals surface area contributed by atoms with E-state index in [4.69, 9.17) is 9.47 Å². The summed E-state index contributed by atoms with van der Waals surface area (Å²) in [4.78, 5) is 29.7. The molecule has 9 heteroatoms. The minimum atomic E-state index is -0.782. The average Bonchev–Trinajstić information content (AvgIpc) is 2.76. The fourth-order valence-corrected chi connectivity index (χ4v) is 2.93. The quantitative estimate of drug-likeness (QED) is 0.419. The van der Waals surface area contributed by atoms with Crippen molar-refractivity contribution in [2.45, 2.75) is 71.4 Å². The molecule has 9 nitrogen and oxygen atoms in total. The van der Waals surface area contributed by atoms with Crippen molar-refractivity contribution in [1.29, 1.82) is 0 Å². The number of ether oxygens (including phenoxy) is 3. The minimum absolute atomic E-state index is 0.187. The number of hydrogen-bond acceptors (Lipinski definition) is 6. The molecule has 2 unspecified atom stereocenters. The molecule has 1 fully saturated rings. The van der Waals surface area contributed by atoms with Gasteiger partial charge in [0.25, 0.3) is 0 Å². The van der Waals surface area contributed by atoms with E-state index in [1.165, 1.54) is 7.11 Å². The van der Waals surface area contributed by atoms with Gasteiger partial charge in [0.05, 0.1) is 25.7 Å². The molecule has 0 radical (unpaired) electrons. The van der Waals surface area contributed by atoms with Gasteiger partial charge in [0.15, 0.2) is 5.96 Å². The highest BCUT2D eigenvalue weighted by atomic mass is 16.6. The van der Waals surface area contributed by atoms with Crippen molar-refractivity contribution in [2.24, 2.45) is 4.99 Å². The van der Waals surface area contributed by atoms with Gasteiger partial charge in [0.1, 0.15) is 11.3 Å². The molecule has 0 saturated carbocycles. The number of hydrogen-bond donors (Lipinski definition) is 2. The van der Waals surface area contributed by atoms with E-state index >= 15 is 0 Å². The molecule has 1 saturated heterocycles. The summed E-state index contributed by atoms with van der Waals surface area (Å²) < 4.78 is 16.1. The van der Waals surface area contributed by atoms with Gasteiger partial charge >= 0.3 is 12.1 Å². The van der Waals surface area contributed by atoms with Gasteiger partial charge in [-0.1, -0.05) is 0 Å². The van der Waals surface area contributed by atoms with Gasteiger partial charge in [-0.3, -0.25) is 14.7 Å².